The summed E-state index contributed by atoms with van der Waals surface area (Å²) < 4.78 is 4.59. The average Bonchev–Trinajstić information content (AvgIpc) is 2.01. The Morgan fingerprint density at radius 3 is 2.15 bits per heavy atom. The highest BCUT2D eigenvalue weighted by atomic mass is 35.5. The molecule has 0 radical (unpaired) electrons. The fourth-order valence-corrected chi connectivity index (χ4v) is 0.275. The molecule has 3 nitrogen and oxygen atoms in total. The zero-order valence-electron chi connectivity index (χ0n) is 7.39. The van der Waals surface area contributed by atoms with E-state index in [1.54, 1.807) is 6.92 Å². The van der Waals surface area contributed by atoms with E-state index < -0.39 is 0 Å². The molecule has 80 valence electrons. The van der Waals surface area contributed by atoms with Crippen LogP contribution in [0.15, 0.2) is 12.2 Å². The highest BCUT2D eigenvalue weighted by Crippen LogP contribution is 1.89. The highest BCUT2D eigenvalue weighted by Gasteiger charge is 1.99. The summed E-state index contributed by atoms with van der Waals surface area (Å²) in [7, 11) is 0. The first kappa shape index (κ1) is 18.8. The SMILES string of the molecule is C=C(C)C(=O)OCCN.Cl.ClCCl. The van der Waals surface area contributed by atoms with Crippen molar-refractivity contribution >= 4 is 41.6 Å². The first-order valence-electron chi connectivity index (χ1n) is 3.24. The maximum atomic E-state index is 10.5. The first-order chi connectivity index (χ1) is 5.59. The second-order valence-electron chi connectivity index (χ2n) is 1.81. The fraction of sp³-hybridized carbons (Fsp3) is 0.571. The van der Waals surface area contributed by atoms with Gasteiger partial charge in [0.15, 0.2) is 0 Å². The number of rotatable bonds is 3. The summed E-state index contributed by atoms with van der Waals surface area (Å²) >= 11 is 9.53. The number of carbonyl (C=O) groups is 1. The molecule has 2 N–H and O–H groups in total. The Balaban J connectivity index is -0.000000220. The molecule has 13 heavy (non-hydrogen) atoms. The van der Waals surface area contributed by atoms with E-state index in [0.29, 0.717) is 12.1 Å². The van der Waals surface area contributed by atoms with Crippen molar-refractivity contribution in [2.24, 2.45) is 5.73 Å². The molecule has 0 rings (SSSR count). The van der Waals surface area contributed by atoms with Crippen LogP contribution in [0.25, 0.3) is 0 Å². The zero-order chi connectivity index (χ0) is 9.98. The molecule has 0 aromatic rings. The van der Waals surface area contributed by atoms with Crippen LogP contribution in [0, 0.1) is 0 Å². The predicted octanol–water partition coefficient (Wildman–Crippen LogP) is 1.91. The van der Waals surface area contributed by atoms with E-state index in [9.17, 15) is 4.79 Å². The lowest BCUT2D eigenvalue weighted by Crippen LogP contribution is -2.13. The van der Waals surface area contributed by atoms with E-state index in [-0.39, 0.29) is 30.3 Å². The van der Waals surface area contributed by atoms with Gasteiger partial charge < -0.3 is 10.5 Å². The molecule has 0 aliphatic rings. The van der Waals surface area contributed by atoms with Gasteiger partial charge >= 0.3 is 5.97 Å². The third-order valence-electron chi connectivity index (χ3n) is 0.699. The number of carbonyl (C=O) groups excluding carboxylic acids is 1. The Labute approximate surface area is 94.6 Å². The lowest BCUT2D eigenvalue weighted by molar-refractivity contribution is -0.138. The minimum absolute atomic E-state index is 0. The quantitative estimate of drug-likeness (QED) is 0.473. The molecule has 0 amide bonds. The fourth-order valence-electron chi connectivity index (χ4n) is 0.275. The third kappa shape index (κ3) is 18.8. The van der Waals surface area contributed by atoms with Crippen molar-refractivity contribution in [1.82, 2.24) is 0 Å². The topological polar surface area (TPSA) is 52.3 Å². The minimum atomic E-state index is -0.375. The summed E-state index contributed by atoms with van der Waals surface area (Å²) in [6, 6.07) is 0. The van der Waals surface area contributed by atoms with Gasteiger partial charge in [0.2, 0.25) is 0 Å². The molecule has 0 bridgehead atoms. The number of nitrogens with two attached hydrogens (primary N) is 1. The number of esters is 1. The van der Waals surface area contributed by atoms with E-state index in [2.05, 4.69) is 11.3 Å². The normalized spacial score (nSPS) is 7.38. The molecule has 0 saturated carbocycles. The van der Waals surface area contributed by atoms with Crippen molar-refractivity contribution in [3.63, 3.8) is 0 Å². The molecule has 0 atom stereocenters. The number of hydrogen-bond donors (Lipinski definition) is 1. The van der Waals surface area contributed by atoms with Gasteiger partial charge in [-0.05, 0) is 6.92 Å². The van der Waals surface area contributed by atoms with Crippen LogP contribution in [0.3, 0.4) is 0 Å². The lowest BCUT2D eigenvalue weighted by Gasteiger charge is -1.99. The van der Waals surface area contributed by atoms with Crippen molar-refractivity contribution in [3.8, 4) is 0 Å². The average molecular weight is 251 g/mol. The highest BCUT2D eigenvalue weighted by molar-refractivity contribution is 6.40. The molecule has 0 spiro atoms. The van der Waals surface area contributed by atoms with E-state index in [0.717, 1.165) is 0 Å². The number of ether oxygens (including phenoxy) is 1. The third-order valence-corrected chi connectivity index (χ3v) is 0.699. The smallest absolute Gasteiger partial charge is 0.333 e. The van der Waals surface area contributed by atoms with Crippen molar-refractivity contribution in [3.05, 3.63) is 12.2 Å². The molecule has 0 aromatic carbocycles. The second-order valence-corrected chi connectivity index (χ2v) is 2.61. The minimum Gasteiger partial charge on any atom is -0.461 e. The Morgan fingerprint density at radius 2 is 1.92 bits per heavy atom. The van der Waals surface area contributed by atoms with Gasteiger partial charge in [0.05, 0.1) is 5.34 Å². The Bertz CT molecular complexity index is 142. The largest absolute Gasteiger partial charge is 0.461 e. The van der Waals surface area contributed by atoms with E-state index in [1.165, 1.54) is 0 Å². The second kappa shape index (κ2) is 14.6. The summed E-state index contributed by atoms with van der Waals surface area (Å²) in [6.07, 6.45) is 0. The molecule has 0 saturated heterocycles. The molecule has 0 fully saturated rings. The van der Waals surface area contributed by atoms with Crippen LogP contribution in [0.1, 0.15) is 6.92 Å². The van der Waals surface area contributed by atoms with E-state index in [4.69, 9.17) is 28.9 Å². The summed E-state index contributed by atoms with van der Waals surface area (Å²) in [5, 5.41) is 0.194. The van der Waals surface area contributed by atoms with Crippen molar-refractivity contribution < 1.29 is 9.53 Å². The molecule has 6 heteroatoms. The molecule has 0 aliphatic carbocycles. The maximum absolute atomic E-state index is 10.5. The molecular formula is C7H14Cl3NO2. The number of alkyl halides is 2. The Hall–Kier alpha value is 0.0400. The van der Waals surface area contributed by atoms with E-state index >= 15 is 0 Å². The molecule has 0 aromatic heterocycles. The first-order valence-corrected chi connectivity index (χ1v) is 4.31. The summed E-state index contributed by atoms with van der Waals surface area (Å²) in [6.45, 7) is 5.62. The van der Waals surface area contributed by atoms with Gasteiger partial charge in [0, 0.05) is 12.1 Å². The van der Waals surface area contributed by atoms with Gasteiger partial charge in [-0.3, -0.25) is 0 Å². The van der Waals surface area contributed by atoms with Gasteiger partial charge in [-0.2, -0.15) is 0 Å². The van der Waals surface area contributed by atoms with Crippen molar-refractivity contribution in [2.75, 3.05) is 18.5 Å². The maximum Gasteiger partial charge on any atom is 0.333 e. The van der Waals surface area contributed by atoms with E-state index in [1.807, 2.05) is 0 Å². The number of hydrogen-bond acceptors (Lipinski definition) is 3. The van der Waals surface area contributed by atoms with Gasteiger partial charge in [-0.1, -0.05) is 6.58 Å². The van der Waals surface area contributed by atoms with Crippen LogP contribution in [-0.4, -0.2) is 24.5 Å². The lowest BCUT2D eigenvalue weighted by atomic mass is 10.4. The van der Waals surface area contributed by atoms with Crippen molar-refractivity contribution in [2.45, 2.75) is 6.92 Å². The van der Waals surface area contributed by atoms with Crippen LogP contribution >= 0.6 is 35.6 Å². The number of halogens is 3. The molecular weight excluding hydrogens is 236 g/mol. The van der Waals surface area contributed by atoms with Gasteiger partial charge in [-0.15, -0.1) is 35.6 Å². The Morgan fingerprint density at radius 1 is 1.54 bits per heavy atom. The van der Waals surface area contributed by atoms with Gasteiger partial charge in [-0.25, -0.2) is 4.79 Å². The standard InChI is InChI=1S/C6H11NO2.CH2Cl2.ClH/c1-5(2)6(8)9-4-3-7;2-1-3;/h1,3-4,7H2,2H3;1H2;1H. The van der Waals surface area contributed by atoms with Crippen LogP contribution in [0.2, 0.25) is 0 Å². The molecule has 0 aliphatic heterocycles. The van der Waals surface area contributed by atoms with Crippen LogP contribution in [-0.2, 0) is 9.53 Å². The predicted molar refractivity (Wildman–Crippen MR) is 58.6 cm³/mol. The van der Waals surface area contributed by atoms with Gasteiger partial charge in [0.1, 0.15) is 6.61 Å². The summed E-state index contributed by atoms with van der Waals surface area (Å²) in [4.78, 5) is 10.5. The monoisotopic (exact) mass is 249 g/mol. The summed E-state index contributed by atoms with van der Waals surface area (Å²) in [5.41, 5.74) is 5.48. The van der Waals surface area contributed by atoms with Crippen LogP contribution in [0.4, 0.5) is 0 Å². The summed E-state index contributed by atoms with van der Waals surface area (Å²) in [5.74, 6) is -0.375. The molecule has 0 heterocycles. The Kier molecular flexibility index (Phi) is 21.0. The van der Waals surface area contributed by atoms with Crippen molar-refractivity contribution in [1.29, 1.82) is 0 Å². The van der Waals surface area contributed by atoms with Crippen LogP contribution < -0.4 is 5.73 Å². The van der Waals surface area contributed by atoms with Gasteiger partial charge in [0.25, 0.3) is 0 Å². The molecule has 0 unspecified atom stereocenters. The van der Waals surface area contributed by atoms with Crippen LogP contribution in [0.5, 0.6) is 0 Å². The zero-order valence-corrected chi connectivity index (χ0v) is 9.71.